The summed E-state index contributed by atoms with van der Waals surface area (Å²) < 4.78 is 5.73. The van der Waals surface area contributed by atoms with E-state index in [9.17, 15) is 4.79 Å². The molecule has 2 heterocycles. The van der Waals surface area contributed by atoms with E-state index in [1.165, 1.54) is 16.0 Å². The van der Waals surface area contributed by atoms with Gasteiger partial charge in [-0.05, 0) is 36.2 Å². The third-order valence-electron chi connectivity index (χ3n) is 5.49. The van der Waals surface area contributed by atoms with Crippen molar-refractivity contribution in [2.45, 2.75) is 25.9 Å². The first-order chi connectivity index (χ1) is 13.2. The monoisotopic (exact) mass is 361 g/mol. The van der Waals surface area contributed by atoms with Gasteiger partial charge in [0.05, 0.1) is 19.4 Å². The van der Waals surface area contributed by atoms with Gasteiger partial charge in [0.25, 0.3) is 5.91 Å². The molecule has 0 bridgehead atoms. The van der Waals surface area contributed by atoms with E-state index in [0.29, 0.717) is 6.54 Å². The summed E-state index contributed by atoms with van der Waals surface area (Å²) in [4.78, 5) is 14.1. The Hall–Kier alpha value is -2.85. The lowest BCUT2D eigenvalue weighted by atomic mass is 9.98. The molecule has 0 aliphatic carbocycles. The van der Waals surface area contributed by atoms with Crippen LogP contribution in [0.25, 0.3) is 0 Å². The average molecular weight is 361 g/mol. The van der Waals surface area contributed by atoms with Crippen LogP contribution < -0.4 is 10.2 Å². The Morgan fingerprint density at radius 1 is 1.07 bits per heavy atom. The van der Waals surface area contributed by atoms with Crippen LogP contribution in [0.2, 0.25) is 0 Å². The molecule has 0 radical (unpaired) electrons. The molecule has 4 nitrogen and oxygen atoms in total. The number of rotatable bonds is 5. The van der Waals surface area contributed by atoms with Gasteiger partial charge < -0.3 is 14.6 Å². The number of nitrogens with one attached hydrogen (secondary N) is 2. The number of furan rings is 1. The van der Waals surface area contributed by atoms with E-state index < -0.39 is 0 Å². The van der Waals surface area contributed by atoms with Crippen molar-refractivity contribution >= 4 is 5.91 Å². The number of hydrogen-bond donors (Lipinski definition) is 2. The number of benzene rings is 2. The Labute approximate surface area is 159 Å². The summed E-state index contributed by atoms with van der Waals surface area (Å²) in [6.45, 7) is 4.49. The van der Waals surface area contributed by atoms with Gasteiger partial charge in [-0.1, -0.05) is 42.5 Å². The molecular formula is C23H25N2O2+. The average Bonchev–Trinajstić information content (AvgIpc) is 3.23. The van der Waals surface area contributed by atoms with Gasteiger partial charge in [0.1, 0.15) is 6.54 Å². The van der Waals surface area contributed by atoms with E-state index in [1.807, 2.05) is 43.3 Å². The number of quaternary nitrogens is 1. The molecule has 1 aliphatic rings. The van der Waals surface area contributed by atoms with Crippen LogP contribution in [0.1, 0.15) is 38.9 Å². The van der Waals surface area contributed by atoms with Crippen LogP contribution in [-0.2, 0) is 13.0 Å². The van der Waals surface area contributed by atoms with Crippen molar-refractivity contribution < 1.29 is 14.1 Å². The molecule has 0 saturated heterocycles. The largest absolute Gasteiger partial charge is 0.463 e. The second-order valence-corrected chi connectivity index (χ2v) is 7.20. The first-order valence-electron chi connectivity index (χ1n) is 9.51. The summed E-state index contributed by atoms with van der Waals surface area (Å²) in [5.74, 6) is 0.899. The van der Waals surface area contributed by atoms with Gasteiger partial charge in [-0.25, -0.2) is 0 Å². The summed E-state index contributed by atoms with van der Waals surface area (Å²) in [5.41, 5.74) is 4.54. The van der Waals surface area contributed by atoms with Gasteiger partial charge in [-0.2, -0.15) is 0 Å². The molecule has 27 heavy (non-hydrogen) atoms. The lowest BCUT2D eigenvalue weighted by Crippen LogP contribution is -3.12. The van der Waals surface area contributed by atoms with Crippen molar-refractivity contribution in [3.05, 3.63) is 94.9 Å². The van der Waals surface area contributed by atoms with Crippen molar-refractivity contribution in [1.82, 2.24) is 5.32 Å². The number of hydrogen-bond acceptors (Lipinski definition) is 2. The zero-order chi connectivity index (χ0) is 18.6. The van der Waals surface area contributed by atoms with Gasteiger partial charge >= 0.3 is 0 Å². The third kappa shape index (κ3) is 3.81. The van der Waals surface area contributed by atoms with Crippen LogP contribution in [0, 0.1) is 6.92 Å². The molecule has 138 valence electrons. The quantitative estimate of drug-likeness (QED) is 0.734. The minimum Gasteiger partial charge on any atom is -0.463 e. The Morgan fingerprint density at radius 2 is 1.85 bits per heavy atom. The van der Waals surface area contributed by atoms with Crippen LogP contribution in [0.3, 0.4) is 0 Å². The summed E-state index contributed by atoms with van der Waals surface area (Å²) >= 11 is 0. The number of aryl methyl sites for hydroxylation is 1. The number of carbonyl (C=O) groups excluding carboxylic acids is 1. The molecular weight excluding hydrogens is 336 g/mol. The van der Waals surface area contributed by atoms with Gasteiger partial charge in [-0.3, -0.25) is 4.79 Å². The minimum atomic E-state index is -0.0264. The summed E-state index contributed by atoms with van der Waals surface area (Å²) in [5, 5.41) is 3.13. The zero-order valence-electron chi connectivity index (χ0n) is 15.6. The zero-order valence-corrected chi connectivity index (χ0v) is 15.6. The van der Waals surface area contributed by atoms with Crippen LogP contribution in [0.5, 0.6) is 0 Å². The lowest BCUT2D eigenvalue weighted by Gasteiger charge is -2.31. The van der Waals surface area contributed by atoms with Crippen LogP contribution in [-0.4, -0.2) is 19.0 Å². The van der Waals surface area contributed by atoms with Crippen molar-refractivity contribution in [2.75, 3.05) is 13.1 Å². The van der Waals surface area contributed by atoms with Crippen LogP contribution >= 0.6 is 0 Å². The normalized spacial score (nSPS) is 17.1. The van der Waals surface area contributed by atoms with E-state index in [1.54, 1.807) is 6.26 Å². The molecule has 1 amide bonds. The highest BCUT2D eigenvalue weighted by Crippen LogP contribution is 2.16. The Balaban J connectivity index is 1.51. The topological polar surface area (TPSA) is 46.7 Å². The van der Waals surface area contributed by atoms with E-state index in [4.69, 9.17) is 4.42 Å². The molecule has 4 heteroatoms. The fourth-order valence-electron chi connectivity index (χ4n) is 3.95. The van der Waals surface area contributed by atoms with Gasteiger partial charge in [-0.15, -0.1) is 0 Å². The van der Waals surface area contributed by atoms with E-state index in [2.05, 4.69) is 29.6 Å². The highest BCUT2D eigenvalue weighted by molar-refractivity contribution is 5.95. The summed E-state index contributed by atoms with van der Waals surface area (Å²) in [6, 6.07) is 20.4. The lowest BCUT2D eigenvalue weighted by molar-refractivity contribution is -0.946. The van der Waals surface area contributed by atoms with Crippen molar-refractivity contribution in [2.24, 2.45) is 0 Å². The van der Waals surface area contributed by atoms with Crippen LogP contribution in [0.15, 0.2) is 71.3 Å². The summed E-state index contributed by atoms with van der Waals surface area (Å²) in [6.07, 6.45) is 2.76. The van der Waals surface area contributed by atoms with Crippen molar-refractivity contribution in [1.29, 1.82) is 0 Å². The number of carbonyl (C=O) groups is 1. The molecule has 0 fully saturated rings. The Bertz CT molecular complexity index is 918. The number of amides is 1. The molecule has 0 saturated carbocycles. The van der Waals surface area contributed by atoms with E-state index in [0.717, 1.165) is 36.4 Å². The predicted molar refractivity (Wildman–Crippen MR) is 105 cm³/mol. The SMILES string of the molecule is Cc1ccccc1C(=O)NC[C@H](c1ccco1)[NH+]1CCc2ccccc2C1. The van der Waals surface area contributed by atoms with Gasteiger partial charge in [0.2, 0.25) is 0 Å². The van der Waals surface area contributed by atoms with E-state index in [-0.39, 0.29) is 11.9 Å². The second-order valence-electron chi connectivity index (χ2n) is 7.20. The van der Waals surface area contributed by atoms with Crippen molar-refractivity contribution in [3.63, 3.8) is 0 Å². The highest BCUT2D eigenvalue weighted by atomic mass is 16.3. The minimum absolute atomic E-state index is 0.0264. The van der Waals surface area contributed by atoms with Gasteiger partial charge in [0, 0.05) is 17.5 Å². The fourth-order valence-corrected chi connectivity index (χ4v) is 3.95. The highest BCUT2D eigenvalue weighted by Gasteiger charge is 2.30. The Kier molecular flexibility index (Phi) is 5.07. The first-order valence-corrected chi connectivity index (χ1v) is 9.51. The molecule has 2 aromatic carbocycles. The third-order valence-corrected chi connectivity index (χ3v) is 5.49. The fraction of sp³-hybridized carbons (Fsp3) is 0.261. The van der Waals surface area contributed by atoms with E-state index >= 15 is 0 Å². The maximum Gasteiger partial charge on any atom is 0.251 e. The molecule has 1 unspecified atom stereocenters. The molecule has 1 aliphatic heterocycles. The maximum atomic E-state index is 12.7. The predicted octanol–water partition coefficient (Wildman–Crippen LogP) is 2.70. The first kappa shape index (κ1) is 17.6. The molecule has 2 N–H and O–H groups in total. The maximum absolute atomic E-state index is 12.7. The molecule has 3 aromatic rings. The van der Waals surface area contributed by atoms with Crippen LogP contribution in [0.4, 0.5) is 0 Å². The Morgan fingerprint density at radius 3 is 2.63 bits per heavy atom. The standard InChI is InChI=1S/C23H24N2O2/c1-17-7-2-5-10-20(17)23(26)24-15-21(22-11-6-14-27-22)25-13-12-18-8-3-4-9-19(18)16-25/h2-11,14,21H,12-13,15-16H2,1H3,(H,24,26)/p+1/t21-/m1/s1. The molecule has 1 aromatic heterocycles. The molecule has 2 atom stereocenters. The van der Waals surface area contributed by atoms with Crippen molar-refractivity contribution in [3.8, 4) is 0 Å². The molecule has 0 spiro atoms. The van der Waals surface area contributed by atoms with Gasteiger partial charge in [0.15, 0.2) is 11.8 Å². The second kappa shape index (κ2) is 7.80. The molecule has 4 rings (SSSR count). The summed E-state index contributed by atoms with van der Waals surface area (Å²) in [7, 11) is 0. The smallest absolute Gasteiger partial charge is 0.251 e. The number of fused-ring (bicyclic) bond motifs is 1.